The molecule has 0 radical (unpaired) electrons. The predicted octanol–water partition coefficient (Wildman–Crippen LogP) is 0.580. The van der Waals surface area contributed by atoms with E-state index >= 15 is 0 Å². The first-order chi connectivity index (χ1) is 6.50. The normalized spacial score (nSPS) is 13.1. The average Bonchev–Trinajstić information content (AvgIpc) is 2.52. The van der Waals surface area contributed by atoms with Gasteiger partial charge in [0.15, 0.2) is 6.17 Å². The molecule has 0 aromatic carbocycles. The van der Waals surface area contributed by atoms with Crippen molar-refractivity contribution in [2.75, 3.05) is 0 Å². The van der Waals surface area contributed by atoms with E-state index in [1.807, 2.05) is 0 Å². The Morgan fingerprint density at radius 3 is 2.64 bits per heavy atom. The zero-order chi connectivity index (χ0) is 10.7. The summed E-state index contributed by atoms with van der Waals surface area (Å²) in [6, 6.07) is 0. The third kappa shape index (κ3) is 2.44. The van der Waals surface area contributed by atoms with Crippen LogP contribution in [0.2, 0.25) is 0 Å². The molecule has 0 fully saturated rings. The number of aromatic carboxylic acids is 1. The van der Waals surface area contributed by atoms with Crippen molar-refractivity contribution >= 4 is 5.97 Å². The first kappa shape index (κ1) is 10.5. The summed E-state index contributed by atoms with van der Waals surface area (Å²) in [4.78, 5) is 13.5. The number of nitrogens with zero attached hydrogens (tertiary/aromatic N) is 3. The molecule has 1 heterocycles. The van der Waals surface area contributed by atoms with Crippen LogP contribution >= 0.6 is 0 Å². The van der Waals surface area contributed by atoms with E-state index in [4.69, 9.17) is 5.11 Å². The summed E-state index contributed by atoms with van der Waals surface area (Å²) in [7, 11) is 0. The van der Waals surface area contributed by atoms with Gasteiger partial charge >= 0.3 is 5.97 Å². The number of aromatic nitrogens is 3. The van der Waals surface area contributed by atoms with E-state index < -0.39 is 30.9 Å². The summed E-state index contributed by atoms with van der Waals surface area (Å²) in [5, 5.41) is 11.6. The van der Waals surface area contributed by atoms with Crippen LogP contribution in [-0.2, 0) is 6.54 Å². The lowest BCUT2D eigenvalue weighted by molar-refractivity contribution is 0.0385. The first-order valence-corrected chi connectivity index (χ1v) is 3.55. The van der Waals surface area contributed by atoms with Gasteiger partial charge < -0.3 is 5.11 Å². The minimum absolute atomic E-state index is 0.550. The van der Waals surface area contributed by atoms with Crippen LogP contribution in [0.1, 0.15) is 10.6 Å². The first-order valence-electron chi connectivity index (χ1n) is 3.55. The Bertz CT molecular complexity index is 328. The molecule has 0 aliphatic carbocycles. The fourth-order valence-corrected chi connectivity index (χ4v) is 0.739. The second-order valence-corrected chi connectivity index (χ2v) is 2.45. The molecule has 1 aromatic rings. The monoisotopic (exact) mass is 209 g/mol. The summed E-state index contributed by atoms with van der Waals surface area (Å²) in [6.45, 7) is -0.710. The molecular formula is C6H6F3N3O2. The quantitative estimate of drug-likeness (QED) is 0.787. The molecule has 1 aromatic heterocycles. The highest BCUT2D eigenvalue weighted by atomic mass is 19.3. The van der Waals surface area contributed by atoms with E-state index in [0.29, 0.717) is 0 Å². The molecule has 1 N–H and O–H groups in total. The Morgan fingerprint density at radius 2 is 2.21 bits per heavy atom. The number of hydrogen-bond acceptors (Lipinski definition) is 3. The van der Waals surface area contributed by atoms with Gasteiger partial charge in [0.25, 0.3) is 12.2 Å². The smallest absolute Gasteiger partial charge is 0.375 e. The fourth-order valence-electron chi connectivity index (χ4n) is 0.739. The van der Waals surface area contributed by atoms with Crippen LogP contribution in [0, 0.1) is 0 Å². The lowest BCUT2D eigenvalue weighted by Gasteiger charge is -2.05. The molecule has 8 heteroatoms. The lowest BCUT2D eigenvalue weighted by Crippen LogP contribution is -2.20. The number of halogens is 3. The maximum Gasteiger partial charge on any atom is 0.375 e. The van der Waals surface area contributed by atoms with Crippen molar-refractivity contribution in [3.8, 4) is 0 Å². The molecule has 0 saturated carbocycles. The molecule has 1 rings (SSSR count). The highest BCUT2D eigenvalue weighted by Crippen LogP contribution is 2.07. The predicted molar refractivity (Wildman–Crippen MR) is 37.9 cm³/mol. The maximum absolute atomic E-state index is 12.4. The topological polar surface area (TPSA) is 68.0 Å². The molecule has 0 aliphatic heterocycles. The van der Waals surface area contributed by atoms with Crippen LogP contribution < -0.4 is 0 Å². The summed E-state index contributed by atoms with van der Waals surface area (Å²) in [6.07, 6.45) is -4.61. The minimum Gasteiger partial charge on any atom is -0.475 e. The van der Waals surface area contributed by atoms with Crippen molar-refractivity contribution in [2.45, 2.75) is 19.1 Å². The molecule has 5 nitrogen and oxygen atoms in total. The number of hydrogen-bond donors (Lipinski definition) is 1. The van der Waals surface area contributed by atoms with Crippen molar-refractivity contribution in [1.82, 2.24) is 14.8 Å². The highest BCUT2D eigenvalue weighted by molar-refractivity contribution is 5.82. The van der Waals surface area contributed by atoms with Crippen molar-refractivity contribution in [2.24, 2.45) is 0 Å². The van der Waals surface area contributed by atoms with E-state index in [1.165, 1.54) is 0 Å². The number of carboxylic acid groups (broad SMARTS) is 1. The molecule has 0 spiro atoms. The van der Waals surface area contributed by atoms with Crippen molar-refractivity contribution in [3.63, 3.8) is 0 Å². The van der Waals surface area contributed by atoms with Gasteiger partial charge in [-0.05, 0) is 0 Å². The van der Waals surface area contributed by atoms with Gasteiger partial charge in [-0.1, -0.05) is 0 Å². The van der Waals surface area contributed by atoms with Crippen LogP contribution in [0.5, 0.6) is 0 Å². The molecule has 14 heavy (non-hydrogen) atoms. The summed E-state index contributed by atoms with van der Waals surface area (Å²) in [5.74, 6) is -1.94. The van der Waals surface area contributed by atoms with Gasteiger partial charge in [0.05, 0.1) is 6.54 Å². The molecular weight excluding hydrogens is 203 g/mol. The van der Waals surface area contributed by atoms with Crippen molar-refractivity contribution in [1.29, 1.82) is 0 Å². The van der Waals surface area contributed by atoms with E-state index in [2.05, 4.69) is 10.1 Å². The molecule has 78 valence electrons. The third-order valence-corrected chi connectivity index (χ3v) is 1.36. The van der Waals surface area contributed by atoms with Crippen LogP contribution in [0.15, 0.2) is 6.33 Å². The Kier molecular flexibility index (Phi) is 3.05. The van der Waals surface area contributed by atoms with Crippen molar-refractivity contribution < 1.29 is 23.1 Å². The van der Waals surface area contributed by atoms with Crippen LogP contribution in [0.25, 0.3) is 0 Å². The zero-order valence-corrected chi connectivity index (χ0v) is 6.77. The van der Waals surface area contributed by atoms with Gasteiger partial charge in [0.2, 0.25) is 0 Å². The number of carboxylic acids is 1. The van der Waals surface area contributed by atoms with Gasteiger partial charge in [-0.25, -0.2) is 27.6 Å². The van der Waals surface area contributed by atoms with E-state index in [0.717, 1.165) is 11.0 Å². The standard InChI is InChI=1S/C6H6F3N3O2/c7-3(4(8)9)1-12-2-10-5(11-12)6(13)14/h2-4H,1H2,(H,13,14). The summed E-state index contributed by atoms with van der Waals surface area (Å²) < 4.78 is 36.6. The molecule has 0 bridgehead atoms. The Hall–Kier alpha value is -1.60. The van der Waals surface area contributed by atoms with E-state index in [1.54, 1.807) is 0 Å². The summed E-state index contributed by atoms with van der Waals surface area (Å²) in [5.41, 5.74) is 0. The van der Waals surface area contributed by atoms with E-state index in [9.17, 15) is 18.0 Å². The van der Waals surface area contributed by atoms with Gasteiger partial charge in [-0.2, -0.15) is 0 Å². The second kappa shape index (κ2) is 4.07. The Labute approximate surface area is 76.2 Å². The van der Waals surface area contributed by atoms with Crippen LogP contribution in [0.3, 0.4) is 0 Å². The highest BCUT2D eigenvalue weighted by Gasteiger charge is 2.20. The zero-order valence-electron chi connectivity index (χ0n) is 6.77. The Balaban J connectivity index is 2.64. The lowest BCUT2D eigenvalue weighted by atomic mass is 10.4. The largest absolute Gasteiger partial charge is 0.475 e. The number of carbonyl (C=O) groups is 1. The maximum atomic E-state index is 12.4. The Morgan fingerprint density at radius 1 is 1.57 bits per heavy atom. The van der Waals surface area contributed by atoms with Gasteiger partial charge in [-0.3, -0.25) is 0 Å². The molecule has 0 aliphatic rings. The number of alkyl halides is 3. The molecule has 0 saturated heterocycles. The summed E-state index contributed by atoms with van der Waals surface area (Å²) >= 11 is 0. The number of rotatable bonds is 4. The van der Waals surface area contributed by atoms with Crippen LogP contribution in [-0.4, -0.2) is 38.4 Å². The van der Waals surface area contributed by atoms with Crippen molar-refractivity contribution in [3.05, 3.63) is 12.2 Å². The third-order valence-electron chi connectivity index (χ3n) is 1.36. The molecule has 1 atom stereocenters. The van der Waals surface area contributed by atoms with Gasteiger partial charge in [-0.15, -0.1) is 5.10 Å². The SMILES string of the molecule is O=C(O)c1ncn(CC(F)C(F)F)n1. The minimum atomic E-state index is -3.12. The molecule has 1 unspecified atom stereocenters. The van der Waals surface area contributed by atoms with Gasteiger partial charge in [0.1, 0.15) is 6.33 Å². The second-order valence-electron chi connectivity index (χ2n) is 2.45. The average molecular weight is 209 g/mol. The molecule has 0 amide bonds. The fraction of sp³-hybridized carbons (Fsp3) is 0.500. The van der Waals surface area contributed by atoms with Gasteiger partial charge in [0, 0.05) is 0 Å². The van der Waals surface area contributed by atoms with E-state index in [-0.39, 0.29) is 0 Å². The van der Waals surface area contributed by atoms with Crippen LogP contribution in [0.4, 0.5) is 13.2 Å².